The molecular weight excluding hydrogens is 338 g/mol. The lowest BCUT2D eigenvalue weighted by Gasteiger charge is -2.18. The van der Waals surface area contributed by atoms with Gasteiger partial charge in [-0.3, -0.25) is 4.79 Å². The fraction of sp³-hybridized carbons (Fsp3) is 0.435. The second-order valence-electron chi connectivity index (χ2n) is 6.90. The van der Waals surface area contributed by atoms with Crippen molar-refractivity contribution in [1.29, 1.82) is 0 Å². The molecule has 2 aromatic rings. The lowest BCUT2D eigenvalue weighted by molar-refractivity contribution is -0.127. The number of nitrogens with one attached hydrogen (secondary N) is 1. The van der Waals surface area contributed by atoms with Crippen LogP contribution in [0.15, 0.2) is 36.4 Å². The maximum absolute atomic E-state index is 12.3. The van der Waals surface area contributed by atoms with Gasteiger partial charge in [-0.2, -0.15) is 0 Å². The van der Waals surface area contributed by atoms with Gasteiger partial charge in [0.2, 0.25) is 0 Å². The molecule has 0 fully saturated rings. The zero-order valence-electron chi connectivity index (χ0n) is 17.1. The van der Waals surface area contributed by atoms with Crippen molar-refractivity contribution in [3.63, 3.8) is 0 Å². The number of aryl methyl sites for hydroxylation is 3. The van der Waals surface area contributed by atoms with Gasteiger partial charge in [-0.15, -0.1) is 0 Å². The third-order valence-electron chi connectivity index (χ3n) is 4.63. The van der Waals surface area contributed by atoms with Crippen LogP contribution >= 0.6 is 0 Å². The monoisotopic (exact) mass is 369 g/mol. The average Bonchev–Trinajstić information content (AvgIpc) is 2.64. The summed E-state index contributed by atoms with van der Waals surface area (Å²) in [6.07, 6.45) is 1.19. The number of hydrogen-bond acceptors (Lipinski definition) is 3. The molecular formula is C23H31NO3. The van der Waals surface area contributed by atoms with Crippen LogP contribution in [0.2, 0.25) is 0 Å². The van der Waals surface area contributed by atoms with Gasteiger partial charge in [0.05, 0.1) is 6.61 Å². The van der Waals surface area contributed by atoms with E-state index in [0.29, 0.717) is 13.2 Å². The Kier molecular flexibility index (Phi) is 7.71. The fourth-order valence-corrected chi connectivity index (χ4v) is 3.01. The zero-order valence-corrected chi connectivity index (χ0v) is 17.1. The minimum Gasteiger partial charge on any atom is -0.494 e. The number of hydrogen-bond donors (Lipinski definition) is 1. The van der Waals surface area contributed by atoms with Gasteiger partial charge >= 0.3 is 0 Å². The number of para-hydroxylation sites is 1. The minimum atomic E-state index is -0.527. The van der Waals surface area contributed by atoms with E-state index in [4.69, 9.17) is 9.47 Å². The molecule has 4 nitrogen and oxygen atoms in total. The Labute approximate surface area is 162 Å². The van der Waals surface area contributed by atoms with E-state index < -0.39 is 6.10 Å². The summed E-state index contributed by atoms with van der Waals surface area (Å²) in [5.41, 5.74) is 4.55. The van der Waals surface area contributed by atoms with Crippen molar-refractivity contribution in [2.24, 2.45) is 0 Å². The first-order chi connectivity index (χ1) is 12.9. The Morgan fingerprint density at radius 2 is 1.85 bits per heavy atom. The van der Waals surface area contributed by atoms with E-state index in [1.54, 1.807) is 6.92 Å². The molecule has 2 rings (SSSR count). The molecule has 4 heteroatoms. The van der Waals surface area contributed by atoms with Crippen LogP contribution in [0.4, 0.5) is 0 Å². The zero-order chi connectivity index (χ0) is 19.8. The fourth-order valence-electron chi connectivity index (χ4n) is 3.01. The molecule has 0 aliphatic carbocycles. The van der Waals surface area contributed by atoms with Gasteiger partial charge in [-0.25, -0.2) is 0 Å². The molecule has 0 aromatic heterocycles. The highest BCUT2D eigenvalue weighted by molar-refractivity contribution is 5.80. The van der Waals surface area contributed by atoms with E-state index in [1.807, 2.05) is 45.0 Å². The van der Waals surface area contributed by atoms with Gasteiger partial charge in [0.25, 0.3) is 5.91 Å². The summed E-state index contributed by atoms with van der Waals surface area (Å²) in [4.78, 5) is 12.3. The van der Waals surface area contributed by atoms with E-state index in [0.717, 1.165) is 35.5 Å². The lowest BCUT2D eigenvalue weighted by atomic mass is 10.1. The summed E-state index contributed by atoms with van der Waals surface area (Å²) in [5, 5.41) is 2.97. The summed E-state index contributed by atoms with van der Waals surface area (Å²) in [6.45, 7) is 11.1. The highest BCUT2D eigenvalue weighted by Gasteiger charge is 2.16. The van der Waals surface area contributed by atoms with Crippen LogP contribution in [0.1, 0.15) is 42.5 Å². The highest BCUT2D eigenvalue weighted by Crippen LogP contribution is 2.24. The van der Waals surface area contributed by atoms with Crippen LogP contribution in [0.5, 0.6) is 11.5 Å². The summed E-state index contributed by atoms with van der Waals surface area (Å²) in [5.74, 6) is 1.61. The predicted molar refractivity (Wildman–Crippen MR) is 110 cm³/mol. The minimum absolute atomic E-state index is 0.0911. The SMILES string of the molecule is CCOc1ccccc1CCCNC(=O)[C@@H](C)Oc1cc(C)cc(C)c1C. The molecule has 0 unspecified atom stereocenters. The van der Waals surface area contributed by atoms with Crippen LogP contribution in [0, 0.1) is 20.8 Å². The highest BCUT2D eigenvalue weighted by atomic mass is 16.5. The standard InChI is InChI=1S/C23H31NO3/c1-6-26-21-12-8-7-10-20(21)11-9-13-24-23(25)19(5)27-22-15-16(2)14-17(3)18(22)4/h7-8,10,12,14-15,19H,6,9,11,13H2,1-5H3,(H,24,25)/t19-/m1/s1. The van der Waals surface area contributed by atoms with Gasteiger partial charge in [0.1, 0.15) is 11.5 Å². The first-order valence-electron chi connectivity index (χ1n) is 9.65. The Hall–Kier alpha value is -2.49. The molecule has 1 amide bonds. The molecule has 0 spiro atoms. The van der Waals surface area contributed by atoms with Crippen molar-refractivity contribution in [2.45, 2.75) is 53.6 Å². The predicted octanol–water partition coefficient (Wildman–Crippen LogP) is 4.53. The third kappa shape index (κ3) is 6.02. The van der Waals surface area contributed by atoms with Crippen molar-refractivity contribution < 1.29 is 14.3 Å². The number of rotatable bonds is 9. The first-order valence-corrected chi connectivity index (χ1v) is 9.65. The second kappa shape index (κ2) is 10.0. The van der Waals surface area contributed by atoms with Crippen molar-refractivity contribution in [3.05, 3.63) is 58.7 Å². The molecule has 0 bridgehead atoms. The molecule has 0 radical (unpaired) electrons. The largest absolute Gasteiger partial charge is 0.494 e. The lowest BCUT2D eigenvalue weighted by Crippen LogP contribution is -2.37. The van der Waals surface area contributed by atoms with Crippen molar-refractivity contribution in [2.75, 3.05) is 13.2 Å². The molecule has 27 heavy (non-hydrogen) atoms. The van der Waals surface area contributed by atoms with Crippen molar-refractivity contribution >= 4 is 5.91 Å². The number of amides is 1. The molecule has 0 heterocycles. The van der Waals surface area contributed by atoms with Gasteiger partial charge < -0.3 is 14.8 Å². The van der Waals surface area contributed by atoms with Crippen molar-refractivity contribution in [1.82, 2.24) is 5.32 Å². The molecule has 146 valence electrons. The Morgan fingerprint density at radius 3 is 2.59 bits per heavy atom. The maximum atomic E-state index is 12.3. The van der Waals surface area contributed by atoms with E-state index in [-0.39, 0.29) is 5.91 Å². The first kappa shape index (κ1) is 20.8. The molecule has 0 saturated carbocycles. The van der Waals surface area contributed by atoms with Crippen molar-refractivity contribution in [3.8, 4) is 11.5 Å². The number of carbonyl (C=O) groups excluding carboxylic acids is 1. The molecule has 1 N–H and O–H groups in total. The van der Waals surface area contributed by atoms with Gasteiger partial charge in [0.15, 0.2) is 6.10 Å². The van der Waals surface area contributed by atoms with Gasteiger partial charge in [-0.05, 0) is 81.8 Å². The topological polar surface area (TPSA) is 47.6 Å². The van der Waals surface area contributed by atoms with E-state index in [2.05, 4.69) is 24.4 Å². The summed E-state index contributed by atoms with van der Waals surface area (Å²) < 4.78 is 11.5. The van der Waals surface area contributed by atoms with E-state index >= 15 is 0 Å². The van der Waals surface area contributed by atoms with E-state index in [1.165, 1.54) is 11.1 Å². The van der Waals surface area contributed by atoms with Crippen LogP contribution < -0.4 is 14.8 Å². The third-order valence-corrected chi connectivity index (χ3v) is 4.63. The quantitative estimate of drug-likeness (QED) is 0.661. The summed E-state index contributed by atoms with van der Waals surface area (Å²) in [7, 11) is 0. The molecule has 2 aromatic carbocycles. The van der Waals surface area contributed by atoms with Crippen LogP contribution in [0.25, 0.3) is 0 Å². The second-order valence-corrected chi connectivity index (χ2v) is 6.90. The Bertz CT molecular complexity index is 770. The van der Waals surface area contributed by atoms with Crippen LogP contribution in [-0.2, 0) is 11.2 Å². The smallest absolute Gasteiger partial charge is 0.260 e. The Morgan fingerprint density at radius 1 is 1.11 bits per heavy atom. The molecule has 0 aliphatic rings. The molecule has 1 atom stereocenters. The van der Waals surface area contributed by atoms with Crippen LogP contribution in [0.3, 0.4) is 0 Å². The molecule has 0 saturated heterocycles. The van der Waals surface area contributed by atoms with E-state index in [9.17, 15) is 4.79 Å². The Balaban J connectivity index is 1.82. The average molecular weight is 370 g/mol. The van der Waals surface area contributed by atoms with Gasteiger partial charge in [0, 0.05) is 6.54 Å². The number of ether oxygens (including phenoxy) is 2. The molecule has 0 aliphatic heterocycles. The number of carbonyl (C=O) groups is 1. The maximum Gasteiger partial charge on any atom is 0.260 e. The summed E-state index contributed by atoms with van der Waals surface area (Å²) in [6, 6.07) is 12.1. The van der Waals surface area contributed by atoms with Crippen LogP contribution in [-0.4, -0.2) is 25.2 Å². The summed E-state index contributed by atoms with van der Waals surface area (Å²) >= 11 is 0. The van der Waals surface area contributed by atoms with Gasteiger partial charge in [-0.1, -0.05) is 24.3 Å². The normalized spacial score (nSPS) is 11.7. The number of benzene rings is 2.